The van der Waals surface area contributed by atoms with Crippen LogP contribution in [0.5, 0.6) is 0 Å². The topological polar surface area (TPSA) is 0 Å². The molecule has 0 saturated carbocycles. The molecule has 0 bridgehead atoms. The van der Waals surface area contributed by atoms with Gasteiger partial charge < -0.3 is 0 Å². The molecule has 0 N–H and O–H groups in total. The fourth-order valence-electron chi connectivity index (χ4n) is 0. The Morgan fingerprint density at radius 3 is 1.43 bits per heavy atom. The second-order valence-electron chi connectivity index (χ2n) is 0.747. The smallest absolute Gasteiger partial charge is 0.214 e. The average molecular weight is 176 g/mol. The lowest BCUT2D eigenvalue weighted by atomic mass is 10.6. The second-order valence-corrected chi connectivity index (χ2v) is 7.18. The van der Waals surface area contributed by atoms with E-state index in [2.05, 4.69) is 6.92 Å². The van der Waals surface area contributed by atoms with E-state index in [4.69, 9.17) is 30.1 Å². The molecule has 0 aliphatic heterocycles. The molecule has 0 atom stereocenters. The van der Waals surface area contributed by atoms with Crippen molar-refractivity contribution in [3.63, 3.8) is 0 Å². The van der Waals surface area contributed by atoms with E-state index in [0.717, 1.165) is 6.42 Å². The maximum Gasteiger partial charge on any atom is 0.643 e. The molecule has 0 nitrogen and oxygen atoms in total. The highest BCUT2D eigenvalue weighted by molar-refractivity contribution is 7.54. The molecule has 0 unspecified atom stereocenters. The third kappa shape index (κ3) is 110. The Bertz CT molecular complexity index is 21.4. The Labute approximate surface area is 61.8 Å². The third-order valence-corrected chi connectivity index (χ3v) is 0. The lowest BCUT2D eigenvalue weighted by Gasteiger charge is -1.57. The molecule has 0 aliphatic carbocycles. The molecule has 7 heavy (non-hydrogen) atoms. The number of hydrogen-bond donors (Lipinski definition) is 0. The summed E-state index contributed by atoms with van der Waals surface area (Å²) in [6, 6.07) is 0. The molecule has 0 aliphatic rings. The molecule has 1 radical (unpaired) electrons. The first-order valence-electron chi connectivity index (χ1n) is 1.86. The van der Waals surface area contributed by atoms with Crippen LogP contribution in [0, 0.1) is 6.92 Å². The zero-order valence-electron chi connectivity index (χ0n) is 4.13. The van der Waals surface area contributed by atoms with Crippen LogP contribution in [0.4, 0.5) is 0 Å². The first-order valence-corrected chi connectivity index (χ1v) is 7.10. The highest BCUT2D eigenvalue weighted by Crippen LogP contribution is 1.97. The predicted octanol–water partition coefficient (Wildman–Crippen LogP) is 2.92. The molecule has 43 valence electrons. The van der Waals surface area contributed by atoms with Crippen LogP contribution in [0.15, 0.2) is 0 Å². The summed E-state index contributed by atoms with van der Waals surface area (Å²) in [6.07, 6.45) is 1.00. The van der Waals surface area contributed by atoms with Gasteiger partial charge >= 0.3 is 11.4 Å². The van der Waals surface area contributed by atoms with Crippen LogP contribution in [0.1, 0.15) is 13.3 Å². The van der Waals surface area contributed by atoms with Crippen molar-refractivity contribution in [1.82, 2.24) is 0 Å². The van der Waals surface area contributed by atoms with Crippen LogP contribution in [0.25, 0.3) is 0 Å². The molecular weight excluding hydrogens is 169 g/mol. The van der Waals surface area contributed by atoms with Gasteiger partial charge in [0.15, 0.2) is 0 Å². The minimum Gasteiger partial charge on any atom is -0.214 e. The molecule has 0 spiro atoms. The van der Waals surface area contributed by atoms with Crippen LogP contribution in [-0.2, 0) is 0 Å². The summed E-state index contributed by atoms with van der Waals surface area (Å²) < 4.78 is 0. The monoisotopic (exact) mass is 175 g/mol. The Morgan fingerprint density at radius 2 is 1.43 bits per heavy atom. The second kappa shape index (κ2) is 10.4. The SMILES string of the molecule is [CH2]CC.[Cl][Al]([Cl])[Cl]. The lowest BCUT2D eigenvalue weighted by Crippen LogP contribution is -1.66. The van der Waals surface area contributed by atoms with Gasteiger partial charge in [0.2, 0.25) is 0 Å². The van der Waals surface area contributed by atoms with Crippen molar-refractivity contribution >= 4 is 41.5 Å². The molecule has 0 fully saturated rings. The summed E-state index contributed by atoms with van der Waals surface area (Å²) >= 11 is -1.72. The van der Waals surface area contributed by atoms with Crippen LogP contribution >= 0.6 is 30.1 Å². The zero-order chi connectivity index (χ0) is 6.28. The van der Waals surface area contributed by atoms with E-state index in [1.165, 1.54) is 0 Å². The predicted molar refractivity (Wildman–Crippen MR) is 39.0 cm³/mol. The summed E-state index contributed by atoms with van der Waals surface area (Å²) in [6.45, 7) is 5.50. The zero-order valence-corrected chi connectivity index (χ0v) is 7.55. The van der Waals surface area contributed by atoms with Gasteiger partial charge in [-0.2, -0.15) is 0 Å². The summed E-state index contributed by atoms with van der Waals surface area (Å²) in [7, 11) is 14.8. The molecule has 0 saturated heterocycles. The van der Waals surface area contributed by atoms with Gasteiger partial charge in [-0.15, -0.1) is 0 Å². The average Bonchev–Trinajstić information content (AvgIpc) is 1.33. The molecular formula is C3H7AlCl3. The molecule has 0 rings (SSSR count). The third-order valence-electron chi connectivity index (χ3n) is 0. The van der Waals surface area contributed by atoms with Crippen molar-refractivity contribution < 1.29 is 0 Å². The Morgan fingerprint density at radius 1 is 1.43 bits per heavy atom. The van der Waals surface area contributed by atoms with E-state index >= 15 is 0 Å². The normalized spacial score (nSPS) is 6.43. The van der Waals surface area contributed by atoms with Gasteiger partial charge in [-0.25, -0.2) is 30.1 Å². The van der Waals surface area contributed by atoms with E-state index in [-0.39, 0.29) is 0 Å². The summed E-state index contributed by atoms with van der Waals surface area (Å²) in [5.41, 5.74) is 0. The Hall–Kier alpha value is 1.40. The van der Waals surface area contributed by atoms with Crippen molar-refractivity contribution in [3.8, 4) is 0 Å². The first kappa shape index (κ1) is 11.2. The Balaban J connectivity index is 0. The molecule has 0 aromatic carbocycles. The van der Waals surface area contributed by atoms with Crippen LogP contribution in [-0.4, -0.2) is 11.4 Å². The molecule has 0 amide bonds. The summed E-state index contributed by atoms with van der Waals surface area (Å²) in [5, 5.41) is 0. The largest absolute Gasteiger partial charge is 0.643 e. The Kier molecular flexibility index (Phi) is 16.7. The van der Waals surface area contributed by atoms with E-state index in [1.807, 2.05) is 6.92 Å². The van der Waals surface area contributed by atoms with Gasteiger partial charge in [0.1, 0.15) is 0 Å². The number of halogens is 3. The standard InChI is InChI=1S/C3H7.Al.3ClH/c1-3-2;;;;/h1,3H2,2H3;;3*1H/q;+3;;;/p-3. The lowest BCUT2D eigenvalue weighted by molar-refractivity contribution is 1.23. The van der Waals surface area contributed by atoms with Gasteiger partial charge in [-0.05, 0) is 0 Å². The fraction of sp³-hybridized carbons (Fsp3) is 0.667. The van der Waals surface area contributed by atoms with E-state index < -0.39 is 11.4 Å². The first-order chi connectivity index (χ1) is 3.15. The van der Waals surface area contributed by atoms with Crippen molar-refractivity contribution in [2.45, 2.75) is 13.3 Å². The summed E-state index contributed by atoms with van der Waals surface area (Å²) in [5.74, 6) is 0. The van der Waals surface area contributed by atoms with Gasteiger partial charge in [0.05, 0.1) is 0 Å². The van der Waals surface area contributed by atoms with Crippen LogP contribution < -0.4 is 0 Å². The molecule has 4 heteroatoms. The van der Waals surface area contributed by atoms with Crippen molar-refractivity contribution in [2.24, 2.45) is 0 Å². The van der Waals surface area contributed by atoms with Gasteiger partial charge in [-0.1, -0.05) is 20.3 Å². The van der Waals surface area contributed by atoms with Crippen molar-refractivity contribution in [3.05, 3.63) is 6.92 Å². The fourth-order valence-corrected chi connectivity index (χ4v) is 0. The highest BCUT2D eigenvalue weighted by Gasteiger charge is 2.00. The highest BCUT2D eigenvalue weighted by atomic mass is 35.8. The molecule has 0 aromatic heterocycles. The minimum absolute atomic E-state index is 1.00. The summed E-state index contributed by atoms with van der Waals surface area (Å²) in [4.78, 5) is 0. The maximum atomic E-state index is 4.94. The van der Waals surface area contributed by atoms with E-state index in [0.29, 0.717) is 0 Å². The molecule has 0 heterocycles. The van der Waals surface area contributed by atoms with Crippen molar-refractivity contribution in [2.75, 3.05) is 0 Å². The van der Waals surface area contributed by atoms with Gasteiger partial charge in [0, 0.05) is 0 Å². The minimum atomic E-state index is -1.72. The number of rotatable bonds is 0. The van der Waals surface area contributed by atoms with E-state index in [1.54, 1.807) is 0 Å². The quantitative estimate of drug-likeness (QED) is 0.498. The number of hydrogen-bond acceptors (Lipinski definition) is 0. The van der Waals surface area contributed by atoms with Crippen LogP contribution in [0.2, 0.25) is 0 Å². The van der Waals surface area contributed by atoms with E-state index in [9.17, 15) is 0 Å². The van der Waals surface area contributed by atoms with Crippen LogP contribution in [0.3, 0.4) is 0 Å². The van der Waals surface area contributed by atoms with Crippen molar-refractivity contribution in [1.29, 1.82) is 0 Å². The maximum absolute atomic E-state index is 4.94. The van der Waals surface area contributed by atoms with Gasteiger partial charge in [-0.3, -0.25) is 0 Å². The molecule has 0 aromatic rings. The van der Waals surface area contributed by atoms with Gasteiger partial charge in [0.25, 0.3) is 0 Å².